The zero-order chi connectivity index (χ0) is 22.6. The van der Waals surface area contributed by atoms with Gasteiger partial charge in [-0.05, 0) is 42.0 Å². The Balaban J connectivity index is 1.89. The molecule has 0 aliphatic heterocycles. The minimum atomic E-state index is -3.69. The van der Waals surface area contributed by atoms with Crippen LogP contribution in [0.4, 0.5) is 5.69 Å². The van der Waals surface area contributed by atoms with E-state index in [9.17, 15) is 13.2 Å². The standard InChI is InChI=1S/C23H23ClN2O4S/c1-26(2)31(28,29)19-10-11-21(24)20(15-19)23(27)25-18-9-12-22(30-3)17(14-18)13-16-7-5-4-6-8-16/h4-12,14-15H,13H2,1-3H3,(H,25,27). The zero-order valence-electron chi connectivity index (χ0n) is 17.4. The Morgan fingerprint density at radius 1 is 1.03 bits per heavy atom. The summed E-state index contributed by atoms with van der Waals surface area (Å²) in [6.07, 6.45) is 0.630. The summed E-state index contributed by atoms with van der Waals surface area (Å²) in [5.41, 5.74) is 2.63. The van der Waals surface area contributed by atoms with Crippen molar-refractivity contribution in [3.8, 4) is 5.75 Å². The molecule has 0 unspecified atom stereocenters. The van der Waals surface area contributed by atoms with E-state index in [1.54, 1.807) is 19.2 Å². The first-order chi connectivity index (χ1) is 14.7. The highest BCUT2D eigenvalue weighted by Gasteiger charge is 2.21. The second kappa shape index (κ2) is 9.51. The van der Waals surface area contributed by atoms with E-state index < -0.39 is 15.9 Å². The summed E-state index contributed by atoms with van der Waals surface area (Å²) in [5, 5.41) is 2.96. The van der Waals surface area contributed by atoms with Crippen molar-refractivity contribution in [1.29, 1.82) is 0 Å². The van der Waals surface area contributed by atoms with Crippen molar-refractivity contribution in [1.82, 2.24) is 4.31 Å². The Morgan fingerprint density at radius 2 is 1.74 bits per heavy atom. The SMILES string of the molecule is COc1ccc(NC(=O)c2cc(S(=O)(=O)N(C)C)ccc2Cl)cc1Cc1ccccc1. The van der Waals surface area contributed by atoms with Gasteiger partial charge in [-0.3, -0.25) is 4.79 Å². The van der Waals surface area contributed by atoms with Crippen molar-refractivity contribution in [2.24, 2.45) is 0 Å². The van der Waals surface area contributed by atoms with Crippen molar-refractivity contribution in [3.63, 3.8) is 0 Å². The molecule has 0 aromatic heterocycles. The van der Waals surface area contributed by atoms with Crippen molar-refractivity contribution >= 4 is 33.2 Å². The van der Waals surface area contributed by atoms with Crippen LogP contribution in [0, 0.1) is 0 Å². The smallest absolute Gasteiger partial charge is 0.257 e. The molecule has 6 nitrogen and oxygen atoms in total. The van der Waals surface area contributed by atoms with Gasteiger partial charge in [-0.25, -0.2) is 12.7 Å². The van der Waals surface area contributed by atoms with Crippen LogP contribution >= 0.6 is 11.6 Å². The molecule has 0 spiro atoms. The number of hydrogen-bond donors (Lipinski definition) is 1. The quantitative estimate of drug-likeness (QED) is 0.567. The number of ether oxygens (including phenoxy) is 1. The van der Waals surface area contributed by atoms with E-state index in [0.29, 0.717) is 17.9 Å². The van der Waals surface area contributed by atoms with Gasteiger partial charge < -0.3 is 10.1 Å². The third-order valence-corrected chi connectivity index (χ3v) is 6.88. The minimum absolute atomic E-state index is 0.00783. The Bertz CT molecular complexity index is 1200. The van der Waals surface area contributed by atoms with Gasteiger partial charge in [0.05, 0.1) is 22.6 Å². The van der Waals surface area contributed by atoms with Gasteiger partial charge >= 0.3 is 0 Å². The highest BCUT2D eigenvalue weighted by atomic mass is 35.5. The first-order valence-corrected chi connectivity index (χ1v) is 11.3. The van der Waals surface area contributed by atoms with E-state index in [-0.39, 0.29) is 15.5 Å². The lowest BCUT2D eigenvalue weighted by molar-refractivity contribution is 0.102. The number of hydrogen-bond acceptors (Lipinski definition) is 4. The van der Waals surface area contributed by atoms with Gasteiger partial charge in [0.15, 0.2) is 0 Å². The average Bonchev–Trinajstić information content (AvgIpc) is 2.74. The number of nitrogens with one attached hydrogen (secondary N) is 1. The van der Waals surface area contributed by atoms with E-state index in [0.717, 1.165) is 15.4 Å². The molecule has 3 aromatic carbocycles. The van der Waals surface area contributed by atoms with Crippen LogP contribution < -0.4 is 10.1 Å². The normalized spacial score (nSPS) is 11.4. The number of methoxy groups -OCH3 is 1. The molecular formula is C23H23ClN2O4S. The molecule has 0 saturated heterocycles. The first kappa shape index (κ1) is 22.8. The van der Waals surface area contributed by atoms with Crippen molar-refractivity contribution in [3.05, 3.63) is 88.4 Å². The van der Waals surface area contributed by atoms with E-state index in [4.69, 9.17) is 16.3 Å². The van der Waals surface area contributed by atoms with Gasteiger partial charge in [0.1, 0.15) is 5.75 Å². The molecule has 8 heteroatoms. The maximum atomic E-state index is 12.9. The fraction of sp³-hybridized carbons (Fsp3) is 0.174. The van der Waals surface area contributed by atoms with Gasteiger partial charge in [0.2, 0.25) is 10.0 Å². The van der Waals surface area contributed by atoms with Crippen LogP contribution in [0.2, 0.25) is 5.02 Å². The molecule has 0 aliphatic rings. The van der Waals surface area contributed by atoms with Crippen LogP contribution in [0.25, 0.3) is 0 Å². The zero-order valence-corrected chi connectivity index (χ0v) is 19.0. The summed E-state index contributed by atoms with van der Waals surface area (Å²) in [5.74, 6) is 0.204. The fourth-order valence-corrected chi connectivity index (χ4v) is 4.19. The molecule has 0 atom stereocenters. The molecule has 162 valence electrons. The number of anilines is 1. The topological polar surface area (TPSA) is 75.7 Å². The third kappa shape index (κ3) is 5.25. The van der Waals surface area contributed by atoms with Gasteiger partial charge in [0.25, 0.3) is 5.91 Å². The summed E-state index contributed by atoms with van der Waals surface area (Å²) in [6, 6.07) is 19.3. The molecule has 1 amide bonds. The van der Waals surface area contributed by atoms with E-state index in [1.165, 1.54) is 32.3 Å². The lowest BCUT2D eigenvalue weighted by Crippen LogP contribution is -2.23. The highest BCUT2D eigenvalue weighted by molar-refractivity contribution is 7.89. The summed E-state index contributed by atoms with van der Waals surface area (Å²) >= 11 is 6.18. The Kier molecular flexibility index (Phi) is 7.00. The second-order valence-corrected chi connectivity index (χ2v) is 9.63. The number of nitrogens with zero attached hydrogens (tertiary/aromatic N) is 1. The molecule has 3 rings (SSSR count). The molecule has 0 saturated carbocycles. The Labute approximate surface area is 187 Å². The fourth-order valence-electron chi connectivity index (χ4n) is 3.06. The molecule has 3 aromatic rings. The maximum Gasteiger partial charge on any atom is 0.257 e. The molecule has 0 bridgehead atoms. The van der Waals surface area contributed by atoms with Crippen molar-refractivity contribution in [2.45, 2.75) is 11.3 Å². The average molecular weight is 459 g/mol. The number of carbonyl (C=O) groups is 1. The number of amides is 1. The third-order valence-electron chi connectivity index (χ3n) is 4.74. The largest absolute Gasteiger partial charge is 0.496 e. The number of sulfonamides is 1. The molecule has 0 radical (unpaired) electrons. The van der Waals surface area contributed by atoms with Gasteiger partial charge in [-0.1, -0.05) is 41.9 Å². The summed E-state index contributed by atoms with van der Waals surface area (Å²) in [4.78, 5) is 12.9. The van der Waals surface area contributed by atoms with Gasteiger partial charge in [-0.2, -0.15) is 0 Å². The monoisotopic (exact) mass is 458 g/mol. The van der Waals surface area contributed by atoms with Crippen molar-refractivity contribution in [2.75, 3.05) is 26.5 Å². The Hall–Kier alpha value is -2.87. The molecular weight excluding hydrogens is 436 g/mol. The van der Waals surface area contributed by atoms with Gasteiger partial charge in [0, 0.05) is 31.8 Å². The molecule has 0 fully saturated rings. The summed E-state index contributed by atoms with van der Waals surface area (Å²) in [7, 11) is 0.753. The highest BCUT2D eigenvalue weighted by Crippen LogP contribution is 2.27. The molecule has 0 heterocycles. The van der Waals surface area contributed by atoms with E-state index in [2.05, 4.69) is 5.32 Å². The summed E-state index contributed by atoms with van der Waals surface area (Å²) < 4.78 is 31.3. The van der Waals surface area contributed by atoms with Crippen molar-refractivity contribution < 1.29 is 17.9 Å². The number of rotatable bonds is 7. The minimum Gasteiger partial charge on any atom is -0.496 e. The van der Waals surface area contributed by atoms with Crippen LogP contribution in [0.1, 0.15) is 21.5 Å². The molecule has 31 heavy (non-hydrogen) atoms. The van der Waals surface area contributed by atoms with Crippen LogP contribution in [-0.2, 0) is 16.4 Å². The molecule has 1 N–H and O–H groups in total. The van der Waals surface area contributed by atoms with E-state index >= 15 is 0 Å². The van der Waals surface area contributed by atoms with Crippen LogP contribution in [-0.4, -0.2) is 39.8 Å². The number of benzene rings is 3. The van der Waals surface area contributed by atoms with Crippen LogP contribution in [0.3, 0.4) is 0 Å². The first-order valence-electron chi connectivity index (χ1n) is 9.46. The lowest BCUT2D eigenvalue weighted by atomic mass is 10.0. The van der Waals surface area contributed by atoms with Crippen LogP contribution in [0.5, 0.6) is 5.75 Å². The van der Waals surface area contributed by atoms with E-state index in [1.807, 2.05) is 36.4 Å². The second-order valence-electron chi connectivity index (χ2n) is 7.07. The number of halogens is 1. The predicted octanol–water partition coefficient (Wildman–Crippen LogP) is 4.44. The van der Waals surface area contributed by atoms with Crippen LogP contribution in [0.15, 0.2) is 71.6 Å². The Morgan fingerprint density at radius 3 is 2.39 bits per heavy atom. The lowest BCUT2D eigenvalue weighted by Gasteiger charge is -2.14. The van der Waals surface area contributed by atoms with Gasteiger partial charge in [-0.15, -0.1) is 0 Å². The number of carbonyl (C=O) groups excluding carboxylic acids is 1. The maximum absolute atomic E-state index is 12.9. The summed E-state index contributed by atoms with van der Waals surface area (Å²) in [6.45, 7) is 0. The molecule has 0 aliphatic carbocycles. The predicted molar refractivity (Wildman–Crippen MR) is 123 cm³/mol.